The third-order valence-corrected chi connectivity index (χ3v) is 3.94. The average molecular weight is 290 g/mol. The topological polar surface area (TPSA) is 7.76 Å². The van der Waals surface area contributed by atoms with Crippen LogP contribution in [0.5, 0.6) is 0 Å². The predicted octanol–water partition coefficient (Wildman–Crippen LogP) is 2.98. The summed E-state index contributed by atoms with van der Waals surface area (Å²) in [6.45, 7) is 6.05. The number of hydrogen-bond acceptors (Lipinski definition) is 0. The summed E-state index contributed by atoms with van der Waals surface area (Å²) >= 11 is 0. The van der Waals surface area contributed by atoms with Crippen molar-refractivity contribution >= 4 is 0 Å². The van der Waals surface area contributed by atoms with Gasteiger partial charge in [0.15, 0.2) is 37.9 Å². The van der Waals surface area contributed by atoms with Crippen molar-refractivity contribution in [1.82, 2.24) is 0 Å². The van der Waals surface area contributed by atoms with Crippen molar-refractivity contribution < 1.29 is 9.13 Å². The highest BCUT2D eigenvalue weighted by molar-refractivity contribution is 5.25. The molecule has 0 fully saturated rings. The molecule has 0 unspecified atom stereocenters. The molecule has 0 saturated carbocycles. The standard InChI is InChI=1S/C20H22N2/c1-17-7-11-21(12-8-17)15-19-5-3-4-6-20(19)16-22-13-9-18(2)10-14-22/h3-14H,15-16H2,1-2H3/q+2. The van der Waals surface area contributed by atoms with Gasteiger partial charge in [0.2, 0.25) is 0 Å². The van der Waals surface area contributed by atoms with Crippen molar-refractivity contribution in [2.45, 2.75) is 26.9 Å². The highest BCUT2D eigenvalue weighted by Gasteiger charge is 2.11. The molecule has 3 rings (SSSR count). The fourth-order valence-corrected chi connectivity index (χ4v) is 2.53. The fraction of sp³-hybridized carbons (Fsp3) is 0.200. The number of hydrogen-bond donors (Lipinski definition) is 0. The first-order chi connectivity index (χ1) is 10.7. The van der Waals surface area contributed by atoms with Gasteiger partial charge in [0.1, 0.15) is 0 Å². The largest absolute Gasteiger partial charge is 0.201 e. The van der Waals surface area contributed by atoms with Gasteiger partial charge in [0, 0.05) is 35.4 Å². The monoisotopic (exact) mass is 290 g/mol. The van der Waals surface area contributed by atoms with E-state index in [4.69, 9.17) is 0 Å². The molecule has 2 nitrogen and oxygen atoms in total. The van der Waals surface area contributed by atoms with E-state index in [0.717, 1.165) is 13.1 Å². The zero-order valence-electron chi connectivity index (χ0n) is 13.2. The summed E-state index contributed by atoms with van der Waals surface area (Å²) < 4.78 is 4.46. The smallest absolute Gasteiger partial charge is 0.174 e. The van der Waals surface area contributed by atoms with Crippen LogP contribution >= 0.6 is 0 Å². The minimum atomic E-state index is 0.906. The Hall–Kier alpha value is -2.48. The van der Waals surface area contributed by atoms with Crippen LogP contribution in [0.25, 0.3) is 0 Å². The third-order valence-electron chi connectivity index (χ3n) is 3.94. The molecule has 0 spiro atoms. The van der Waals surface area contributed by atoms with Crippen LogP contribution in [0.4, 0.5) is 0 Å². The molecule has 0 saturated heterocycles. The van der Waals surface area contributed by atoms with Crippen molar-refractivity contribution in [3.8, 4) is 0 Å². The van der Waals surface area contributed by atoms with Crippen LogP contribution in [-0.2, 0) is 13.1 Å². The summed E-state index contributed by atoms with van der Waals surface area (Å²) in [4.78, 5) is 0. The van der Waals surface area contributed by atoms with Crippen LogP contribution < -0.4 is 9.13 Å². The first-order valence-electron chi connectivity index (χ1n) is 7.69. The summed E-state index contributed by atoms with van der Waals surface area (Å²) in [5, 5.41) is 0. The van der Waals surface area contributed by atoms with Crippen molar-refractivity contribution in [3.63, 3.8) is 0 Å². The Morgan fingerprint density at radius 2 is 0.955 bits per heavy atom. The van der Waals surface area contributed by atoms with E-state index in [1.165, 1.54) is 22.3 Å². The Kier molecular flexibility index (Phi) is 4.29. The molecular weight excluding hydrogens is 268 g/mol. The lowest BCUT2D eigenvalue weighted by Crippen LogP contribution is -2.36. The molecule has 0 atom stereocenters. The van der Waals surface area contributed by atoms with Crippen molar-refractivity contribution in [3.05, 3.63) is 95.6 Å². The molecule has 1 aromatic carbocycles. The molecule has 3 aromatic rings. The number of nitrogens with zero attached hydrogens (tertiary/aromatic N) is 2. The van der Waals surface area contributed by atoms with E-state index in [1.54, 1.807) is 0 Å². The average Bonchev–Trinajstić information content (AvgIpc) is 2.54. The number of rotatable bonds is 4. The minimum Gasteiger partial charge on any atom is -0.201 e. The van der Waals surface area contributed by atoms with E-state index < -0.39 is 0 Å². The SMILES string of the molecule is Cc1cc[n+](Cc2ccccc2C[n+]2ccc(C)cc2)cc1. The van der Waals surface area contributed by atoms with Gasteiger partial charge in [-0.25, -0.2) is 9.13 Å². The molecule has 2 aromatic heterocycles. The van der Waals surface area contributed by atoms with Gasteiger partial charge >= 0.3 is 0 Å². The Bertz CT molecular complexity index is 677. The van der Waals surface area contributed by atoms with E-state index >= 15 is 0 Å². The van der Waals surface area contributed by atoms with Crippen LogP contribution in [0.1, 0.15) is 22.3 Å². The number of aromatic nitrogens is 2. The van der Waals surface area contributed by atoms with Gasteiger partial charge in [-0.3, -0.25) is 0 Å². The summed E-state index contributed by atoms with van der Waals surface area (Å²) in [7, 11) is 0. The van der Waals surface area contributed by atoms with Gasteiger partial charge in [-0.2, -0.15) is 0 Å². The first kappa shape index (κ1) is 14.5. The third kappa shape index (κ3) is 3.59. The maximum Gasteiger partial charge on any atom is 0.174 e. The number of pyridine rings is 2. The first-order valence-corrected chi connectivity index (χ1v) is 7.69. The highest BCUT2D eigenvalue weighted by Crippen LogP contribution is 2.08. The van der Waals surface area contributed by atoms with Crippen LogP contribution in [0.15, 0.2) is 73.3 Å². The summed E-state index contributed by atoms with van der Waals surface area (Å²) in [6.07, 6.45) is 8.58. The van der Waals surface area contributed by atoms with Gasteiger partial charge in [0.25, 0.3) is 0 Å². The summed E-state index contributed by atoms with van der Waals surface area (Å²) in [6, 6.07) is 17.3. The molecular formula is C20H22N2+2. The minimum absolute atomic E-state index is 0.906. The number of benzene rings is 1. The lowest BCUT2D eigenvalue weighted by molar-refractivity contribution is -0.693. The molecule has 0 amide bonds. The van der Waals surface area contributed by atoms with Crippen molar-refractivity contribution in [1.29, 1.82) is 0 Å². The second-order valence-electron chi connectivity index (χ2n) is 5.86. The van der Waals surface area contributed by atoms with Crippen LogP contribution in [0.3, 0.4) is 0 Å². The second-order valence-corrected chi connectivity index (χ2v) is 5.86. The van der Waals surface area contributed by atoms with Crippen LogP contribution in [0, 0.1) is 13.8 Å². The Labute approximate surface area is 132 Å². The van der Waals surface area contributed by atoms with Gasteiger partial charge in [-0.15, -0.1) is 0 Å². The summed E-state index contributed by atoms with van der Waals surface area (Å²) in [5.74, 6) is 0. The molecule has 2 heterocycles. The van der Waals surface area contributed by atoms with Crippen LogP contribution in [0.2, 0.25) is 0 Å². The van der Waals surface area contributed by atoms with E-state index in [2.05, 4.69) is 96.3 Å². The highest BCUT2D eigenvalue weighted by atomic mass is 14.9. The Morgan fingerprint density at radius 3 is 1.32 bits per heavy atom. The van der Waals surface area contributed by atoms with Crippen molar-refractivity contribution in [2.24, 2.45) is 0 Å². The number of aryl methyl sites for hydroxylation is 2. The summed E-state index contributed by atoms with van der Waals surface area (Å²) in [5.41, 5.74) is 5.31. The molecule has 0 aliphatic rings. The zero-order valence-corrected chi connectivity index (χ0v) is 13.2. The van der Waals surface area contributed by atoms with Gasteiger partial charge in [-0.1, -0.05) is 24.3 Å². The molecule has 0 bridgehead atoms. The second kappa shape index (κ2) is 6.52. The molecule has 0 aliphatic heterocycles. The normalized spacial score (nSPS) is 10.6. The maximum atomic E-state index is 2.23. The van der Waals surface area contributed by atoms with Gasteiger partial charge in [0.05, 0.1) is 0 Å². The lowest BCUT2D eigenvalue weighted by Gasteiger charge is -2.05. The molecule has 0 N–H and O–H groups in total. The Morgan fingerprint density at radius 1 is 0.591 bits per heavy atom. The van der Waals surface area contributed by atoms with Gasteiger partial charge < -0.3 is 0 Å². The fourth-order valence-electron chi connectivity index (χ4n) is 2.53. The van der Waals surface area contributed by atoms with Crippen LogP contribution in [-0.4, -0.2) is 0 Å². The Balaban J connectivity index is 1.83. The predicted molar refractivity (Wildman–Crippen MR) is 87.4 cm³/mol. The zero-order chi connectivity index (χ0) is 15.4. The molecule has 0 radical (unpaired) electrons. The molecule has 22 heavy (non-hydrogen) atoms. The molecule has 2 heteroatoms. The molecule has 110 valence electrons. The van der Waals surface area contributed by atoms with E-state index in [-0.39, 0.29) is 0 Å². The lowest BCUT2D eigenvalue weighted by atomic mass is 10.1. The molecule has 0 aliphatic carbocycles. The van der Waals surface area contributed by atoms with E-state index in [0.29, 0.717) is 0 Å². The van der Waals surface area contributed by atoms with E-state index in [1.807, 2.05) is 0 Å². The van der Waals surface area contributed by atoms with E-state index in [9.17, 15) is 0 Å². The van der Waals surface area contributed by atoms with Gasteiger partial charge in [-0.05, 0) is 25.0 Å². The quantitative estimate of drug-likeness (QED) is 0.653. The maximum absolute atomic E-state index is 2.23. The van der Waals surface area contributed by atoms with Crippen molar-refractivity contribution in [2.75, 3.05) is 0 Å².